The van der Waals surface area contributed by atoms with Crippen LogP contribution in [-0.2, 0) is 21.1 Å². The highest BCUT2D eigenvalue weighted by Crippen LogP contribution is 2.41. The van der Waals surface area contributed by atoms with E-state index in [1.807, 2.05) is 26.0 Å². The standard InChI is InChI=1S/C21H30N2O5S/c1-21(2)11-15-7-6-8-18(20(15)28-21)27-12-19(24)22-16-13-29(25,26)14-17(16)23-9-4-3-5-10-23/h6-8,16-17H,3-5,9-14H2,1-2H3,(H,22,24). The predicted molar refractivity (Wildman–Crippen MR) is 110 cm³/mol. The van der Waals surface area contributed by atoms with Gasteiger partial charge in [-0.1, -0.05) is 18.6 Å². The first-order valence-corrected chi connectivity index (χ1v) is 12.2. The van der Waals surface area contributed by atoms with Crippen molar-refractivity contribution in [3.05, 3.63) is 23.8 Å². The van der Waals surface area contributed by atoms with Gasteiger partial charge in [-0.25, -0.2) is 8.42 Å². The zero-order valence-electron chi connectivity index (χ0n) is 17.1. The van der Waals surface area contributed by atoms with Crippen LogP contribution in [-0.4, -0.2) is 68.1 Å². The van der Waals surface area contributed by atoms with Crippen molar-refractivity contribution in [3.8, 4) is 11.5 Å². The molecule has 0 spiro atoms. The molecule has 2 saturated heterocycles. The van der Waals surface area contributed by atoms with Crippen LogP contribution >= 0.6 is 0 Å². The largest absolute Gasteiger partial charge is 0.483 e. The van der Waals surface area contributed by atoms with Crippen molar-refractivity contribution in [1.29, 1.82) is 0 Å². The second kappa shape index (κ2) is 7.80. The molecule has 8 heteroatoms. The predicted octanol–water partition coefficient (Wildman–Crippen LogP) is 1.55. The van der Waals surface area contributed by atoms with Gasteiger partial charge in [-0.05, 0) is 45.8 Å². The van der Waals surface area contributed by atoms with Crippen LogP contribution in [0.2, 0.25) is 0 Å². The van der Waals surface area contributed by atoms with Gasteiger partial charge in [-0.3, -0.25) is 9.69 Å². The molecule has 0 aliphatic carbocycles. The summed E-state index contributed by atoms with van der Waals surface area (Å²) in [4.78, 5) is 14.8. The molecule has 0 radical (unpaired) electrons. The van der Waals surface area contributed by atoms with E-state index < -0.39 is 9.84 Å². The number of nitrogens with one attached hydrogen (secondary N) is 1. The third-order valence-electron chi connectivity index (χ3n) is 5.94. The first-order chi connectivity index (χ1) is 13.7. The topological polar surface area (TPSA) is 84.9 Å². The number of para-hydroxylation sites is 1. The summed E-state index contributed by atoms with van der Waals surface area (Å²) in [6.07, 6.45) is 4.13. The molecule has 2 unspecified atom stereocenters. The smallest absolute Gasteiger partial charge is 0.258 e. The van der Waals surface area contributed by atoms with Crippen LogP contribution in [0.15, 0.2) is 18.2 Å². The quantitative estimate of drug-likeness (QED) is 0.775. The average Bonchev–Trinajstić information content (AvgIpc) is 3.14. The lowest BCUT2D eigenvalue weighted by Gasteiger charge is -2.35. The highest BCUT2D eigenvalue weighted by Gasteiger charge is 2.42. The molecule has 1 aromatic rings. The summed E-state index contributed by atoms with van der Waals surface area (Å²) in [6.45, 7) is 5.66. The van der Waals surface area contributed by atoms with E-state index in [0.717, 1.165) is 37.9 Å². The number of likely N-dealkylation sites (tertiary alicyclic amines) is 1. The zero-order chi connectivity index (χ0) is 20.6. The fourth-order valence-corrected chi connectivity index (χ4v) is 6.62. The van der Waals surface area contributed by atoms with Crippen LogP contribution in [0.5, 0.6) is 11.5 Å². The number of ether oxygens (including phenoxy) is 2. The van der Waals surface area contributed by atoms with E-state index in [-0.39, 0.29) is 41.7 Å². The van der Waals surface area contributed by atoms with Gasteiger partial charge < -0.3 is 14.8 Å². The molecule has 1 N–H and O–H groups in total. The van der Waals surface area contributed by atoms with E-state index in [9.17, 15) is 13.2 Å². The van der Waals surface area contributed by atoms with Crippen LogP contribution in [0.3, 0.4) is 0 Å². The monoisotopic (exact) mass is 422 g/mol. The van der Waals surface area contributed by atoms with Gasteiger partial charge in [0.2, 0.25) is 0 Å². The van der Waals surface area contributed by atoms with E-state index in [1.165, 1.54) is 6.42 Å². The van der Waals surface area contributed by atoms with E-state index in [1.54, 1.807) is 6.07 Å². The SMILES string of the molecule is CC1(C)Cc2cccc(OCC(=O)NC3CS(=O)(=O)CC3N3CCCCC3)c2O1. The molecule has 4 rings (SSSR count). The Bertz CT molecular complexity index is 877. The van der Waals surface area contributed by atoms with Gasteiger partial charge >= 0.3 is 0 Å². The number of nitrogens with zero attached hydrogens (tertiary/aromatic N) is 1. The Balaban J connectivity index is 1.38. The van der Waals surface area contributed by atoms with Crippen LogP contribution in [0.4, 0.5) is 0 Å². The number of hydrogen-bond acceptors (Lipinski definition) is 6. The highest BCUT2D eigenvalue weighted by atomic mass is 32.2. The number of piperidine rings is 1. The summed E-state index contributed by atoms with van der Waals surface area (Å²) in [5.74, 6) is 1.06. The summed E-state index contributed by atoms with van der Waals surface area (Å²) in [6, 6.07) is 5.17. The van der Waals surface area contributed by atoms with E-state index in [4.69, 9.17) is 9.47 Å². The molecule has 0 bridgehead atoms. The Morgan fingerprint density at radius 3 is 2.76 bits per heavy atom. The van der Waals surface area contributed by atoms with Crippen LogP contribution < -0.4 is 14.8 Å². The zero-order valence-corrected chi connectivity index (χ0v) is 18.0. The molecule has 2 atom stereocenters. The van der Waals surface area contributed by atoms with Crippen molar-refractivity contribution < 1.29 is 22.7 Å². The minimum Gasteiger partial charge on any atom is -0.483 e. The summed E-state index contributed by atoms with van der Waals surface area (Å²) < 4.78 is 36.2. The van der Waals surface area contributed by atoms with Crippen LogP contribution in [0, 0.1) is 0 Å². The molecular formula is C21H30N2O5S. The number of sulfone groups is 1. The number of carbonyl (C=O) groups is 1. The summed E-state index contributed by atoms with van der Waals surface area (Å²) in [5.41, 5.74) is 0.782. The summed E-state index contributed by atoms with van der Waals surface area (Å²) >= 11 is 0. The van der Waals surface area contributed by atoms with Crippen LogP contribution in [0.25, 0.3) is 0 Å². The lowest BCUT2D eigenvalue weighted by atomic mass is 10.0. The number of carbonyl (C=O) groups excluding carboxylic acids is 1. The molecule has 0 saturated carbocycles. The summed E-state index contributed by atoms with van der Waals surface area (Å²) in [5, 5.41) is 2.91. The number of fused-ring (bicyclic) bond motifs is 1. The van der Waals surface area contributed by atoms with Gasteiger partial charge in [0.25, 0.3) is 5.91 Å². The molecular weight excluding hydrogens is 392 g/mol. The summed E-state index contributed by atoms with van der Waals surface area (Å²) in [7, 11) is -3.14. The lowest BCUT2D eigenvalue weighted by Crippen LogP contribution is -2.53. The molecule has 29 heavy (non-hydrogen) atoms. The average molecular weight is 423 g/mol. The maximum atomic E-state index is 12.5. The van der Waals surface area contributed by atoms with Crippen molar-refractivity contribution in [2.45, 2.75) is 57.2 Å². The minimum absolute atomic E-state index is 0.00204. The molecule has 1 aromatic carbocycles. The van der Waals surface area contributed by atoms with Crippen molar-refractivity contribution in [1.82, 2.24) is 10.2 Å². The minimum atomic E-state index is -3.14. The lowest BCUT2D eigenvalue weighted by molar-refractivity contribution is -0.124. The van der Waals surface area contributed by atoms with Crippen molar-refractivity contribution in [2.75, 3.05) is 31.2 Å². The number of amides is 1. The fourth-order valence-electron chi connectivity index (χ4n) is 4.67. The molecule has 3 aliphatic rings. The second-order valence-electron chi connectivity index (χ2n) is 8.99. The molecule has 7 nitrogen and oxygen atoms in total. The van der Waals surface area contributed by atoms with Crippen LogP contribution in [0.1, 0.15) is 38.7 Å². The van der Waals surface area contributed by atoms with Gasteiger partial charge in [0.05, 0.1) is 17.5 Å². The number of benzene rings is 1. The molecule has 3 heterocycles. The van der Waals surface area contributed by atoms with Crippen molar-refractivity contribution >= 4 is 15.7 Å². The fraction of sp³-hybridized carbons (Fsp3) is 0.667. The number of rotatable bonds is 5. The Kier molecular flexibility index (Phi) is 5.50. The Labute approximate surface area is 172 Å². The second-order valence-corrected chi connectivity index (χ2v) is 11.1. The third-order valence-corrected chi connectivity index (χ3v) is 7.66. The molecule has 160 valence electrons. The molecule has 2 fully saturated rings. The van der Waals surface area contributed by atoms with Gasteiger partial charge in [0.1, 0.15) is 5.60 Å². The van der Waals surface area contributed by atoms with Crippen molar-refractivity contribution in [2.24, 2.45) is 0 Å². The van der Waals surface area contributed by atoms with E-state index in [2.05, 4.69) is 10.2 Å². The highest BCUT2D eigenvalue weighted by molar-refractivity contribution is 7.91. The number of hydrogen-bond donors (Lipinski definition) is 1. The van der Waals surface area contributed by atoms with Gasteiger partial charge in [-0.15, -0.1) is 0 Å². The van der Waals surface area contributed by atoms with Gasteiger partial charge in [0.15, 0.2) is 27.9 Å². The normalized spacial score (nSPS) is 27.8. The third kappa shape index (κ3) is 4.69. The van der Waals surface area contributed by atoms with Crippen molar-refractivity contribution in [3.63, 3.8) is 0 Å². The molecule has 3 aliphatic heterocycles. The maximum Gasteiger partial charge on any atom is 0.258 e. The Morgan fingerprint density at radius 2 is 2.00 bits per heavy atom. The maximum absolute atomic E-state index is 12.5. The first-order valence-electron chi connectivity index (χ1n) is 10.4. The Hall–Kier alpha value is -1.80. The van der Waals surface area contributed by atoms with Gasteiger partial charge in [-0.2, -0.15) is 0 Å². The van der Waals surface area contributed by atoms with Gasteiger partial charge in [0, 0.05) is 18.0 Å². The molecule has 0 aromatic heterocycles. The Morgan fingerprint density at radius 1 is 1.24 bits per heavy atom. The van der Waals surface area contributed by atoms with E-state index >= 15 is 0 Å². The van der Waals surface area contributed by atoms with E-state index in [0.29, 0.717) is 11.5 Å². The molecule has 1 amide bonds. The first kappa shape index (κ1) is 20.5.